The van der Waals surface area contributed by atoms with Gasteiger partial charge >= 0.3 is 0 Å². The predicted octanol–water partition coefficient (Wildman–Crippen LogP) is 1.52. The van der Waals surface area contributed by atoms with Gasteiger partial charge in [-0.15, -0.1) is 0 Å². The van der Waals surface area contributed by atoms with Gasteiger partial charge in [-0.05, 0) is 22.4 Å². The van der Waals surface area contributed by atoms with E-state index in [1.54, 1.807) is 16.7 Å². The lowest BCUT2D eigenvalue weighted by Gasteiger charge is -2.07. The van der Waals surface area contributed by atoms with Crippen LogP contribution in [0.1, 0.15) is 11.4 Å². The van der Waals surface area contributed by atoms with Crippen LogP contribution in [0.15, 0.2) is 35.2 Å². The Morgan fingerprint density at radius 1 is 1.24 bits per heavy atom. The molecule has 0 radical (unpaired) electrons. The van der Waals surface area contributed by atoms with E-state index in [9.17, 15) is 4.39 Å². The van der Waals surface area contributed by atoms with E-state index in [0.29, 0.717) is 17.0 Å². The van der Waals surface area contributed by atoms with Crippen molar-refractivity contribution in [1.82, 2.24) is 29.8 Å². The normalized spacial score (nSPS) is 10.9. The second-order valence-electron chi connectivity index (χ2n) is 5.13. The molecule has 2 N–H and O–H groups in total. The minimum atomic E-state index is -0.474. The van der Waals surface area contributed by atoms with Crippen LogP contribution in [0.25, 0.3) is 22.6 Å². The van der Waals surface area contributed by atoms with Crippen LogP contribution in [0.3, 0.4) is 0 Å². The lowest BCUT2D eigenvalue weighted by Crippen LogP contribution is -2.06. The van der Waals surface area contributed by atoms with Crippen LogP contribution in [0, 0.1) is 17.1 Å². The van der Waals surface area contributed by atoms with Crippen LogP contribution in [0.2, 0.25) is 0 Å². The molecule has 3 aromatic heterocycles. The number of halogens is 1. The Labute approximate surface area is 139 Å². The Bertz CT molecular complexity index is 1110. The third-order valence-corrected chi connectivity index (χ3v) is 3.60. The molecule has 0 aliphatic heterocycles. The maximum Gasteiger partial charge on any atom is 0.199 e. The molecule has 0 saturated carbocycles. The topological polar surface area (TPSA) is 132 Å². The molecule has 0 fully saturated rings. The predicted molar refractivity (Wildman–Crippen MR) is 83.2 cm³/mol. The molecule has 0 unspecified atom stereocenters. The third kappa shape index (κ3) is 2.43. The van der Waals surface area contributed by atoms with E-state index < -0.39 is 5.82 Å². The molecule has 0 bridgehead atoms. The van der Waals surface area contributed by atoms with Crippen molar-refractivity contribution in [3.05, 3.63) is 47.8 Å². The van der Waals surface area contributed by atoms with Crippen LogP contribution in [0.4, 0.5) is 10.2 Å². The number of nitrogen functional groups attached to an aromatic ring is 1. The van der Waals surface area contributed by atoms with Crippen molar-refractivity contribution in [2.24, 2.45) is 0 Å². The summed E-state index contributed by atoms with van der Waals surface area (Å²) in [6.45, 7) is 0.223. The Balaban J connectivity index is 1.90. The number of nitrogens with two attached hydrogens (primary N) is 1. The largest absolute Gasteiger partial charge is 0.379 e. The van der Waals surface area contributed by atoms with Crippen LogP contribution < -0.4 is 5.73 Å². The van der Waals surface area contributed by atoms with E-state index in [4.69, 9.17) is 11.0 Å². The summed E-state index contributed by atoms with van der Waals surface area (Å²) in [6, 6.07) is 6.51. The Hall–Kier alpha value is -3.87. The number of rotatable bonds is 3. The van der Waals surface area contributed by atoms with Crippen molar-refractivity contribution in [3.63, 3.8) is 0 Å². The minimum absolute atomic E-state index is 0.0443. The highest BCUT2D eigenvalue weighted by Crippen LogP contribution is 2.28. The number of fused-ring (bicyclic) bond motifs is 1. The Kier molecular flexibility index (Phi) is 3.32. The quantitative estimate of drug-likeness (QED) is 0.595. The zero-order chi connectivity index (χ0) is 17.4. The average Bonchev–Trinajstić information content (AvgIpc) is 3.20. The molecule has 4 aromatic rings. The smallest absolute Gasteiger partial charge is 0.199 e. The van der Waals surface area contributed by atoms with Gasteiger partial charge in [0.25, 0.3) is 0 Å². The number of hydrogen-bond acceptors (Lipinski definition) is 8. The highest BCUT2D eigenvalue weighted by atomic mass is 19.1. The van der Waals surface area contributed by atoms with Gasteiger partial charge in [0.15, 0.2) is 28.8 Å². The zero-order valence-corrected chi connectivity index (χ0v) is 12.6. The molecule has 0 atom stereocenters. The molecule has 25 heavy (non-hydrogen) atoms. The summed E-state index contributed by atoms with van der Waals surface area (Å²) in [5.41, 5.74) is 7.42. The molecule has 0 saturated heterocycles. The number of para-hydroxylation sites is 1. The molecule has 0 aliphatic rings. The fourth-order valence-electron chi connectivity index (χ4n) is 2.46. The maximum absolute atomic E-state index is 14.1. The van der Waals surface area contributed by atoms with Crippen molar-refractivity contribution in [1.29, 1.82) is 5.26 Å². The standard InChI is InChI=1S/C15H9FN8O/c16-10-2-1-3-11-12(10)21-15(13-14(18)23-25-22-13)24(11)7-9-6-19-8(4-17)5-20-9/h1-3,5-6H,7H2,(H2,18,23). The van der Waals surface area contributed by atoms with Crippen LogP contribution in [-0.2, 0) is 6.54 Å². The van der Waals surface area contributed by atoms with Crippen molar-refractivity contribution >= 4 is 16.9 Å². The summed E-state index contributed by atoms with van der Waals surface area (Å²) < 4.78 is 20.4. The maximum atomic E-state index is 14.1. The molecule has 1 aromatic carbocycles. The SMILES string of the molecule is N#Cc1cnc(Cn2c(-c3nonc3N)nc3c(F)cccc32)cn1. The van der Waals surface area contributed by atoms with E-state index in [1.165, 1.54) is 18.5 Å². The van der Waals surface area contributed by atoms with Crippen molar-refractivity contribution < 1.29 is 9.02 Å². The molecule has 4 rings (SSSR count). The number of nitrogens with zero attached hydrogens (tertiary/aromatic N) is 7. The van der Waals surface area contributed by atoms with E-state index in [-0.39, 0.29) is 29.3 Å². The van der Waals surface area contributed by atoms with Gasteiger partial charge < -0.3 is 10.3 Å². The number of anilines is 1. The van der Waals surface area contributed by atoms with Gasteiger partial charge in [-0.2, -0.15) is 5.26 Å². The van der Waals surface area contributed by atoms with Crippen molar-refractivity contribution in [3.8, 4) is 17.6 Å². The average molecular weight is 336 g/mol. The van der Waals surface area contributed by atoms with E-state index >= 15 is 0 Å². The van der Waals surface area contributed by atoms with Gasteiger partial charge in [0.1, 0.15) is 11.6 Å². The third-order valence-electron chi connectivity index (χ3n) is 3.60. The Morgan fingerprint density at radius 3 is 2.80 bits per heavy atom. The molecule has 0 amide bonds. The van der Waals surface area contributed by atoms with Gasteiger partial charge in [0, 0.05) is 0 Å². The summed E-state index contributed by atoms with van der Waals surface area (Å²) >= 11 is 0. The van der Waals surface area contributed by atoms with Crippen LogP contribution >= 0.6 is 0 Å². The van der Waals surface area contributed by atoms with E-state index in [2.05, 4.69) is 29.9 Å². The van der Waals surface area contributed by atoms with Crippen molar-refractivity contribution in [2.75, 3.05) is 5.73 Å². The number of hydrogen-bond donors (Lipinski definition) is 1. The summed E-state index contributed by atoms with van der Waals surface area (Å²) in [4.78, 5) is 12.5. The second kappa shape index (κ2) is 5.64. The van der Waals surface area contributed by atoms with Crippen molar-refractivity contribution in [2.45, 2.75) is 6.54 Å². The van der Waals surface area contributed by atoms with E-state index in [1.807, 2.05) is 6.07 Å². The minimum Gasteiger partial charge on any atom is -0.379 e. The number of imidazole rings is 1. The van der Waals surface area contributed by atoms with Gasteiger partial charge in [-0.1, -0.05) is 6.07 Å². The second-order valence-corrected chi connectivity index (χ2v) is 5.13. The number of nitriles is 1. The molecular formula is C15H9FN8O. The molecule has 0 spiro atoms. The van der Waals surface area contributed by atoms with Gasteiger partial charge in [-0.25, -0.2) is 19.0 Å². The highest BCUT2D eigenvalue weighted by molar-refractivity contribution is 5.82. The van der Waals surface area contributed by atoms with Gasteiger partial charge in [0.05, 0.1) is 30.1 Å². The summed E-state index contributed by atoms with van der Waals surface area (Å²) in [5, 5.41) is 16.1. The molecule has 0 aliphatic carbocycles. The first-order valence-electron chi connectivity index (χ1n) is 7.11. The first-order valence-corrected chi connectivity index (χ1v) is 7.11. The highest BCUT2D eigenvalue weighted by Gasteiger charge is 2.21. The molecular weight excluding hydrogens is 327 g/mol. The lowest BCUT2D eigenvalue weighted by atomic mass is 10.3. The van der Waals surface area contributed by atoms with Gasteiger partial charge in [0.2, 0.25) is 0 Å². The molecule has 122 valence electrons. The molecule has 9 nitrogen and oxygen atoms in total. The monoisotopic (exact) mass is 336 g/mol. The zero-order valence-electron chi connectivity index (χ0n) is 12.6. The summed E-state index contributed by atoms with van der Waals surface area (Å²) in [7, 11) is 0. The van der Waals surface area contributed by atoms with Gasteiger partial charge in [-0.3, -0.25) is 4.98 Å². The first-order chi connectivity index (χ1) is 12.2. The number of benzene rings is 1. The summed E-state index contributed by atoms with van der Waals surface area (Å²) in [5.74, 6) is -0.133. The van der Waals surface area contributed by atoms with E-state index in [0.717, 1.165) is 0 Å². The molecule has 10 heteroatoms. The first kappa shape index (κ1) is 14.7. The van der Waals surface area contributed by atoms with Crippen LogP contribution in [0.5, 0.6) is 0 Å². The summed E-state index contributed by atoms with van der Waals surface area (Å²) in [6.07, 6.45) is 2.83. The fourth-order valence-corrected chi connectivity index (χ4v) is 2.46. The lowest BCUT2D eigenvalue weighted by molar-refractivity contribution is 0.310. The fraction of sp³-hybridized carbons (Fsp3) is 0.0667. The Morgan fingerprint density at radius 2 is 2.12 bits per heavy atom. The number of aromatic nitrogens is 6. The van der Waals surface area contributed by atoms with Crippen LogP contribution in [-0.4, -0.2) is 29.8 Å². The molecule has 3 heterocycles.